The molecule has 2 rings (SSSR count). The number of para-hydroxylation sites is 1. The number of carbonyl (C=O) groups excluding carboxylic acids is 2. The monoisotopic (exact) mass is 389 g/mol. The van der Waals surface area contributed by atoms with E-state index in [9.17, 15) is 18.0 Å². The van der Waals surface area contributed by atoms with Gasteiger partial charge in [-0.25, -0.2) is 8.42 Å². The van der Waals surface area contributed by atoms with Gasteiger partial charge in [-0.3, -0.25) is 14.3 Å². The maximum absolute atomic E-state index is 12.5. The normalized spacial score (nSPS) is 10.9. The molecule has 0 saturated carbocycles. The summed E-state index contributed by atoms with van der Waals surface area (Å²) in [4.78, 5) is 25.9. The van der Waals surface area contributed by atoms with Gasteiger partial charge in [-0.05, 0) is 36.8 Å². The molecule has 0 aliphatic rings. The maximum Gasteiger partial charge on any atom is 0.254 e. The van der Waals surface area contributed by atoms with Crippen molar-refractivity contribution in [1.29, 1.82) is 0 Å². The van der Waals surface area contributed by atoms with E-state index >= 15 is 0 Å². The van der Waals surface area contributed by atoms with Crippen molar-refractivity contribution in [3.8, 4) is 0 Å². The Kier molecular flexibility index (Phi) is 6.95. The summed E-state index contributed by atoms with van der Waals surface area (Å²) in [5, 5.41) is 2.71. The molecule has 0 fully saturated rings. The third-order valence-electron chi connectivity index (χ3n) is 3.64. The first kappa shape index (κ1) is 20.4. The highest BCUT2D eigenvalue weighted by Crippen LogP contribution is 2.14. The fourth-order valence-electron chi connectivity index (χ4n) is 2.44. The number of nitrogens with one attached hydrogen (secondary N) is 2. The van der Waals surface area contributed by atoms with Gasteiger partial charge >= 0.3 is 0 Å². The second-order valence-electron chi connectivity index (χ2n) is 6.08. The molecule has 0 aliphatic carbocycles. The summed E-state index contributed by atoms with van der Waals surface area (Å²) in [7, 11) is -1.93. The van der Waals surface area contributed by atoms with Crippen LogP contribution in [0.5, 0.6) is 0 Å². The Bertz CT molecular complexity index is 898. The highest BCUT2D eigenvalue weighted by atomic mass is 32.2. The topological polar surface area (TPSA) is 95.6 Å². The summed E-state index contributed by atoms with van der Waals surface area (Å²) < 4.78 is 26.2. The second kappa shape index (κ2) is 9.18. The molecule has 7 nitrogen and oxygen atoms in total. The average Bonchev–Trinajstić information content (AvgIpc) is 2.61. The number of carbonyl (C=O) groups is 2. The standard InChI is InChI=1S/C19H23N3O4S/c1-3-12-27(25,26)21-17-11-7-8-15(13-17)19(24)22(2)14-18(23)20-16-9-5-4-6-10-16/h4-11,13,21H,3,12,14H2,1-2H3,(H,20,23). The molecule has 0 saturated heterocycles. The van der Waals surface area contributed by atoms with Crippen LogP contribution in [0.25, 0.3) is 0 Å². The van der Waals surface area contributed by atoms with Crippen LogP contribution in [0.1, 0.15) is 23.7 Å². The van der Waals surface area contributed by atoms with Gasteiger partial charge in [0.05, 0.1) is 12.3 Å². The molecule has 0 bridgehead atoms. The smallest absolute Gasteiger partial charge is 0.254 e. The number of likely N-dealkylation sites (N-methyl/N-ethyl adjacent to an activating group) is 1. The molecule has 8 heteroatoms. The lowest BCUT2D eigenvalue weighted by atomic mass is 10.2. The van der Waals surface area contributed by atoms with E-state index in [1.165, 1.54) is 18.0 Å². The van der Waals surface area contributed by atoms with Crippen LogP contribution in [0.15, 0.2) is 54.6 Å². The van der Waals surface area contributed by atoms with E-state index in [-0.39, 0.29) is 24.1 Å². The van der Waals surface area contributed by atoms with Gasteiger partial charge in [0.15, 0.2) is 0 Å². The minimum atomic E-state index is -3.44. The van der Waals surface area contributed by atoms with E-state index < -0.39 is 10.0 Å². The van der Waals surface area contributed by atoms with Crippen LogP contribution in [-0.4, -0.2) is 44.5 Å². The van der Waals surface area contributed by atoms with Crippen LogP contribution in [0.3, 0.4) is 0 Å². The number of anilines is 2. The zero-order valence-corrected chi connectivity index (χ0v) is 16.1. The van der Waals surface area contributed by atoms with Crippen molar-refractivity contribution in [2.24, 2.45) is 0 Å². The number of amides is 2. The maximum atomic E-state index is 12.5. The molecule has 0 heterocycles. The van der Waals surface area contributed by atoms with Crippen LogP contribution in [0, 0.1) is 0 Å². The molecular weight excluding hydrogens is 366 g/mol. The molecule has 0 spiro atoms. The van der Waals surface area contributed by atoms with Gasteiger partial charge in [0, 0.05) is 24.0 Å². The van der Waals surface area contributed by atoms with Crippen LogP contribution >= 0.6 is 0 Å². The minimum Gasteiger partial charge on any atom is -0.332 e. The SMILES string of the molecule is CCCS(=O)(=O)Nc1cccc(C(=O)N(C)CC(=O)Nc2ccccc2)c1. The summed E-state index contributed by atoms with van der Waals surface area (Å²) in [6, 6.07) is 15.2. The van der Waals surface area contributed by atoms with Gasteiger partial charge in [0.25, 0.3) is 5.91 Å². The quantitative estimate of drug-likeness (QED) is 0.725. The van der Waals surface area contributed by atoms with Gasteiger partial charge in [-0.15, -0.1) is 0 Å². The molecule has 144 valence electrons. The van der Waals surface area contributed by atoms with Gasteiger partial charge in [-0.1, -0.05) is 31.2 Å². The molecule has 2 amide bonds. The molecule has 0 unspecified atom stereocenters. The van der Waals surface area contributed by atoms with Crippen molar-refractivity contribution in [3.63, 3.8) is 0 Å². The minimum absolute atomic E-state index is 0.00470. The van der Waals surface area contributed by atoms with Crippen molar-refractivity contribution >= 4 is 33.2 Å². The van der Waals surface area contributed by atoms with E-state index in [1.807, 2.05) is 6.07 Å². The van der Waals surface area contributed by atoms with Gasteiger partial charge in [0.1, 0.15) is 0 Å². The van der Waals surface area contributed by atoms with Crippen LogP contribution in [0.2, 0.25) is 0 Å². The van der Waals surface area contributed by atoms with Crippen molar-refractivity contribution in [3.05, 3.63) is 60.2 Å². The van der Waals surface area contributed by atoms with Crippen molar-refractivity contribution in [2.45, 2.75) is 13.3 Å². The van der Waals surface area contributed by atoms with Gasteiger partial charge in [-0.2, -0.15) is 0 Å². The van der Waals surface area contributed by atoms with E-state index in [2.05, 4.69) is 10.0 Å². The van der Waals surface area contributed by atoms with Crippen molar-refractivity contribution in [1.82, 2.24) is 4.90 Å². The Labute approximate surface area is 159 Å². The van der Waals surface area contributed by atoms with E-state index in [0.29, 0.717) is 23.4 Å². The number of hydrogen-bond acceptors (Lipinski definition) is 4. The highest BCUT2D eigenvalue weighted by molar-refractivity contribution is 7.92. The number of nitrogens with zero attached hydrogens (tertiary/aromatic N) is 1. The molecule has 2 aromatic carbocycles. The number of benzene rings is 2. The summed E-state index contributed by atoms with van der Waals surface area (Å²) in [6.07, 6.45) is 0.493. The number of hydrogen-bond donors (Lipinski definition) is 2. The molecule has 0 atom stereocenters. The molecule has 0 radical (unpaired) electrons. The fourth-order valence-corrected chi connectivity index (χ4v) is 3.57. The Morgan fingerprint density at radius 2 is 1.67 bits per heavy atom. The number of sulfonamides is 1. The molecule has 0 aromatic heterocycles. The Balaban J connectivity index is 2.01. The molecule has 27 heavy (non-hydrogen) atoms. The molecule has 0 aliphatic heterocycles. The number of rotatable bonds is 8. The van der Waals surface area contributed by atoms with Crippen LogP contribution < -0.4 is 10.0 Å². The predicted molar refractivity (Wildman–Crippen MR) is 106 cm³/mol. The van der Waals surface area contributed by atoms with Crippen molar-refractivity contribution in [2.75, 3.05) is 29.4 Å². The largest absolute Gasteiger partial charge is 0.332 e. The highest BCUT2D eigenvalue weighted by Gasteiger charge is 2.16. The zero-order chi connectivity index (χ0) is 19.9. The first-order valence-corrected chi connectivity index (χ1v) is 10.2. The van der Waals surface area contributed by atoms with Gasteiger partial charge in [0.2, 0.25) is 15.9 Å². The lowest BCUT2D eigenvalue weighted by Crippen LogP contribution is -2.35. The van der Waals surface area contributed by atoms with Crippen LogP contribution in [-0.2, 0) is 14.8 Å². The summed E-state index contributed by atoms with van der Waals surface area (Å²) >= 11 is 0. The van der Waals surface area contributed by atoms with E-state index in [4.69, 9.17) is 0 Å². The lowest BCUT2D eigenvalue weighted by molar-refractivity contribution is -0.116. The third kappa shape index (κ3) is 6.41. The summed E-state index contributed by atoms with van der Waals surface area (Å²) in [6.45, 7) is 1.65. The molecular formula is C19H23N3O4S. The van der Waals surface area contributed by atoms with Gasteiger partial charge < -0.3 is 10.2 Å². The third-order valence-corrected chi connectivity index (χ3v) is 5.13. The Hall–Kier alpha value is -2.87. The second-order valence-corrected chi connectivity index (χ2v) is 7.92. The first-order valence-electron chi connectivity index (χ1n) is 8.51. The molecule has 2 N–H and O–H groups in total. The molecule has 2 aromatic rings. The fraction of sp³-hybridized carbons (Fsp3) is 0.263. The Morgan fingerprint density at radius 1 is 1.00 bits per heavy atom. The predicted octanol–water partition coefficient (Wildman–Crippen LogP) is 2.55. The zero-order valence-electron chi connectivity index (χ0n) is 15.3. The average molecular weight is 389 g/mol. The summed E-state index contributed by atoms with van der Waals surface area (Å²) in [5.74, 6) is -0.698. The van der Waals surface area contributed by atoms with E-state index in [1.54, 1.807) is 49.4 Å². The van der Waals surface area contributed by atoms with Crippen LogP contribution in [0.4, 0.5) is 11.4 Å². The van der Waals surface area contributed by atoms with Crippen molar-refractivity contribution < 1.29 is 18.0 Å². The first-order chi connectivity index (χ1) is 12.8. The lowest BCUT2D eigenvalue weighted by Gasteiger charge is -2.17. The summed E-state index contributed by atoms with van der Waals surface area (Å²) in [5.41, 5.74) is 1.26. The van der Waals surface area contributed by atoms with E-state index in [0.717, 1.165) is 0 Å². The Morgan fingerprint density at radius 3 is 2.33 bits per heavy atom.